The van der Waals surface area contributed by atoms with Gasteiger partial charge >= 0.3 is 0 Å². The summed E-state index contributed by atoms with van der Waals surface area (Å²) in [5.74, 6) is 0.782. The first-order chi connectivity index (χ1) is 11.1. The molecule has 4 nitrogen and oxygen atoms in total. The van der Waals surface area contributed by atoms with Gasteiger partial charge in [0, 0.05) is 6.54 Å². The normalized spacial score (nSPS) is 13.8. The Morgan fingerprint density at radius 3 is 2.70 bits per heavy atom. The number of aryl methyl sites for hydroxylation is 2. The van der Waals surface area contributed by atoms with Crippen LogP contribution in [0.3, 0.4) is 0 Å². The summed E-state index contributed by atoms with van der Waals surface area (Å²) in [6.07, 6.45) is 3.73. The number of benzene rings is 2. The molecule has 0 atom stereocenters. The Hall–Kier alpha value is -1.85. The molecule has 0 bridgehead atoms. The fourth-order valence-electron chi connectivity index (χ4n) is 3.03. The highest BCUT2D eigenvalue weighted by Crippen LogP contribution is 2.24. The molecule has 0 fully saturated rings. The van der Waals surface area contributed by atoms with Crippen molar-refractivity contribution in [3.63, 3.8) is 0 Å². The number of rotatable bonds is 6. The quantitative estimate of drug-likeness (QED) is 0.885. The topological polar surface area (TPSA) is 55.4 Å². The van der Waals surface area contributed by atoms with E-state index in [4.69, 9.17) is 4.74 Å². The van der Waals surface area contributed by atoms with Gasteiger partial charge in [-0.1, -0.05) is 24.3 Å². The Labute approximate surface area is 137 Å². The zero-order chi connectivity index (χ0) is 16.3. The Morgan fingerprint density at radius 2 is 1.87 bits per heavy atom. The maximum absolute atomic E-state index is 12.4. The minimum absolute atomic E-state index is 0.347. The van der Waals surface area contributed by atoms with E-state index in [1.807, 2.05) is 36.4 Å². The SMILES string of the molecule is COc1ccccc1CCNS(=O)(=O)c1ccc2c(c1)CCC2. The van der Waals surface area contributed by atoms with Crippen LogP contribution in [0.25, 0.3) is 0 Å². The first-order valence-electron chi connectivity index (χ1n) is 7.83. The van der Waals surface area contributed by atoms with E-state index < -0.39 is 10.0 Å². The summed E-state index contributed by atoms with van der Waals surface area (Å²) in [7, 11) is -1.84. The van der Waals surface area contributed by atoms with E-state index in [1.54, 1.807) is 13.2 Å². The van der Waals surface area contributed by atoms with Gasteiger partial charge in [-0.15, -0.1) is 0 Å². The van der Waals surface area contributed by atoms with Crippen molar-refractivity contribution in [2.24, 2.45) is 0 Å². The van der Waals surface area contributed by atoms with Crippen molar-refractivity contribution >= 4 is 10.0 Å². The lowest BCUT2D eigenvalue weighted by Crippen LogP contribution is -2.26. The third-order valence-corrected chi connectivity index (χ3v) is 5.72. The zero-order valence-electron chi connectivity index (χ0n) is 13.2. The van der Waals surface area contributed by atoms with Crippen molar-refractivity contribution in [3.8, 4) is 5.75 Å². The molecule has 2 aromatic carbocycles. The molecule has 122 valence electrons. The molecule has 0 radical (unpaired) electrons. The summed E-state index contributed by atoms with van der Waals surface area (Å²) in [6, 6.07) is 13.1. The molecule has 0 amide bonds. The van der Waals surface area contributed by atoms with E-state index >= 15 is 0 Å². The zero-order valence-corrected chi connectivity index (χ0v) is 14.0. The number of nitrogens with one attached hydrogen (secondary N) is 1. The molecular weight excluding hydrogens is 310 g/mol. The van der Waals surface area contributed by atoms with Gasteiger partial charge in [-0.05, 0) is 60.6 Å². The van der Waals surface area contributed by atoms with E-state index in [0.717, 1.165) is 36.1 Å². The molecule has 1 N–H and O–H groups in total. The highest BCUT2D eigenvalue weighted by molar-refractivity contribution is 7.89. The van der Waals surface area contributed by atoms with E-state index in [-0.39, 0.29) is 0 Å². The third-order valence-electron chi connectivity index (χ3n) is 4.26. The van der Waals surface area contributed by atoms with E-state index in [1.165, 1.54) is 5.56 Å². The molecule has 2 aromatic rings. The van der Waals surface area contributed by atoms with Gasteiger partial charge in [-0.3, -0.25) is 0 Å². The van der Waals surface area contributed by atoms with Crippen LogP contribution in [0.2, 0.25) is 0 Å². The van der Waals surface area contributed by atoms with Crippen LogP contribution in [-0.4, -0.2) is 22.1 Å². The molecule has 0 saturated heterocycles. The van der Waals surface area contributed by atoms with Gasteiger partial charge in [0.1, 0.15) is 5.75 Å². The standard InChI is InChI=1S/C18H21NO3S/c1-22-18-8-3-2-5-15(18)11-12-19-23(20,21)17-10-9-14-6-4-7-16(14)13-17/h2-3,5,8-10,13,19H,4,6-7,11-12H2,1H3. The fourth-order valence-corrected chi connectivity index (χ4v) is 4.11. The number of ether oxygens (including phenoxy) is 1. The summed E-state index contributed by atoms with van der Waals surface area (Å²) in [5, 5.41) is 0. The van der Waals surface area contributed by atoms with Crippen LogP contribution in [-0.2, 0) is 29.3 Å². The van der Waals surface area contributed by atoms with Crippen molar-refractivity contribution < 1.29 is 13.2 Å². The van der Waals surface area contributed by atoms with Crippen LogP contribution in [0, 0.1) is 0 Å². The van der Waals surface area contributed by atoms with Gasteiger partial charge < -0.3 is 4.74 Å². The molecule has 1 aliphatic carbocycles. The molecule has 0 aromatic heterocycles. The Morgan fingerprint density at radius 1 is 1.09 bits per heavy atom. The van der Waals surface area contributed by atoms with E-state index in [2.05, 4.69) is 4.72 Å². The average molecular weight is 331 g/mol. The highest BCUT2D eigenvalue weighted by atomic mass is 32.2. The molecule has 3 rings (SSSR count). The highest BCUT2D eigenvalue weighted by Gasteiger charge is 2.18. The van der Waals surface area contributed by atoms with E-state index in [0.29, 0.717) is 17.9 Å². The van der Waals surface area contributed by atoms with Gasteiger partial charge in [0.05, 0.1) is 12.0 Å². The maximum atomic E-state index is 12.4. The molecule has 1 aliphatic rings. The van der Waals surface area contributed by atoms with Crippen LogP contribution < -0.4 is 9.46 Å². The van der Waals surface area contributed by atoms with Crippen LogP contribution in [0.1, 0.15) is 23.1 Å². The first kappa shape index (κ1) is 16.0. The molecule has 0 spiro atoms. The predicted molar refractivity (Wildman–Crippen MR) is 90.4 cm³/mol. The van der Waals surface area contributed by atoms with Gasteiger partial charge in [-0.25, -0.2) is 13.1 Å². The van der Waals surface area contributed by atoms with Crippen molar-refractivity contribution in [2.75, 3.05) is 13.7 Å². The number of hydrogen-bond acceptors (Lipinski definition) is 3. The first-order valence-corrected chi connectivity index (χ1v) is 9.32. The molecule has 0 aliphatic heterocycles. The minimum atomic E-state index is -3.46. The van der Waals surface area contributed by atoms with Gasteiger partial charge in [0.15, 0.2) is 0 Å². The predicted octanol–water partition coefficient (Wildman–Crippen LogP) is 2.70. The third kappa shape index (κ3) is 3.57. The van der Waals surface area contributed by atoms with Crippen molar-refractivity contribution in [1.82, 2.24) is 4.72 Å². The van der Waals surface area contributed by atoms with Gasteiger partial charge in [-0.2, -0.15) is 0 Å². The molecule has 0 heterocycles. The van der Waals surface area contributed by atoms with Crippen LogP contribution in [0.5, 0.6) is 5.75 Å². The summed E-state index contributed by atoms with van der Waals surface area (Å²) in [6.45, 7) is 0.347. The number of sulfonamides is 1. The largest absolute Gasteiger partial charge is 0.496 e. The second-order valence-corrected chi connectivity index (χ2v) is 7.51. The lowest BCUT2D eigenvalue weighted by Gasteiger charge is -2.10. The second kappa shape index (κ2) is 6.72. The number of methoxy groups -OCH3 is 1. The molecule has 0 saturated carbocycles. The lowest BCUT2D eigenvalue weighted by atomic mass is 10.1. The summed E-state index contributed by atoms with van der Waals surface area (Å²) >= 11 is 0. The van der Waals surface area contributed by atoms with Gasteiger partial charge in [0.25, 0.3) is 0 Å². The van der Waals surface area contributed by atoms with Crippen molar-refractivity contribution in [2.45, 2.75) is 30.6 Å². The number of para-hydroxylation sites is 1. The fraction of sp³-hybridized carbons (Fsp3) is 0.333. The van der Waals surface area contributed by atoms with E-state index in [9.17, 15) is 8.42 Å². The van der Waals surface area contributed by atoms with Crippen LogP contribution in [0.15, 0.2) is 47.4 Å². The summed E-state index contributed by atoms with van der Waals surface area (Å²) < 4.78 is 32.8. The smallest absolute Gasteiger partial charge is 0.240 e. The monoisotopic (exact) mass is 331 g/mol. The average Bonchev–Trinajstić information content (AvgIpc) is 3.02. The molecule has 0 unspecified atom stereocenters. The Bertz CT molecular complexity index is 800. The second-order valence-electron chi connectivity index (χ2n) is 5.74. The lowest BCUT2D eigenvalue weighted by molar-refractivity contribution is 0.409. The van der Waals surface area contributed by atoms with Gasteiger partial charge in [0.2, 0.25) is 10.0 Å². The molecular formula is C18H21NO3S. The van der Waals surface area contributed by atoms with Crippen LogP contribution in [0.4, 0.5) is 0 Å². The van der Waals surface area contributed by atoms with Crippen molar-refractivity contribution in [1.29, 1.82) is 0 Å². The maximum Gasteiger partial charge on any atom is 0.240 e. The summed E-state index contributed by atoms with van der Waals surface area (Å²) in [4.78, 5) is 0.359. The van der Waals surface area contributed by atoms with Crippen molar-refractivity contribution in [3.05, 3.63) is 59.2 Å². The minimum Gasteiger partial charge on any atom is -0.496 e. The number of hydrogen-bond donors (Lipinski definition) is 1. The Balaban J connectivity index is 1.67. The molecule has 5 heteroatoms. The Kier molecular flexibility index (Phi) is 4.68. The summed E-state index contributed by atoms with van der Waals surface area (Å²) in [5.41, 5.74) is 3.43. The van der Waals surface area contributed by atoms with Crippen LogP contribution >= 0.6 is 0 Å². The molecule has 23 heavy (non-hydrogen) atoms. The number of fused-ring (bicyclic) bond motifs is 1.